The van der Waals surface area contributed by atoms with Gasteiger partial charge in [-0.25, -0.2) is 14.8 Å². The summed E-state index contributed by atoms with van der Waals surface area (Å²) in [6.45, 7) is 0.651. The molecule has 0 atom stereocenters. The number of aromatic amines is 1. The first kappa shape index (κ1) is 12.8. The minimum Gasteiger partial charge on any atom is -0.465 e. The Labute approximate surface area is 112 Å². The van der Waals surface area contributed by atoms with Crippen molar-refractivity contribution in [3.63, 3.8) is 0 Å². The fourth-order valence-electron chi connectivity index (χ4n) is 1.32. The SMILES string of the molecule is COC(=O)c1sc(NCCc2ncc[nH]2)nc1Cl. The minimum absolute atomic E-state index is 0.160. The van der Waals surface area contributed by atoms with E-state index in [0.717, 1.165) is 12.2 Å². The summed E-state index contributed by atoms with van der Waals surface area (Å²) in [5.41, 5.74) is 0. The van der Waals surface area contributed by atoms with E-state index in [-0.39, 0.29) is 5.15 Å². The normalized spacial score (nSPS) is 10.3. The van der Waals surface area contributed by atoms with E-state index < -0.39 is 5.97 Å². The topological polar surface area (TPSA) is 79.9 Å². The van der Waals surface area contributed by atoms with Crippen molar-refractivity contribution in [2.24, 2.45) is 0 Å². The number of esters is 1. The molecule has 2 N–H and O–H groups in total. The molecule has 0 spiro atoms. The molecule has 0 aliphatic rings. The van der Waals surface area contributed by atoms with Crippen molar-refractivity contribution in [3.8, 4) is 0 Å². The number of ether oxygens (including phenoxy) is 1. The summed E-state index contributed by atoms with van der Waals surface area (Å²) in [4.78, 5) is 22.8. The van der Waals surface area contributed by atoms with E-state index in [1.165, 1.54) is 18.4 Å². The van der Waals surface area contributed by atoms with Crippen LogP contribution in [0.1, 0.15) is 15.5 Å². The number of carbonyl (C=O) groups excluding carboxylic acids is 1. The van der Waals surface area contributed by atoms with E-state index in [1.54, 1.807) is 12.4 Å². The van der Waals surface area contributed by atoms with Crippen LogP contribution in [0.4, 0.5) is 5.13 Å². The number of imidazole rings is 1. The molecule has 0 saturated carbocycles. The lowest BCUT2D eigenvalue weighted by atomic mass is 10.4. The van der Waals surface area contributed by atoms with Gasteiger partial charge >= 0.3 is 5.97 Å². The summed E-state index contributed by atoms with van der Waals surface area (Å²) in [6, 6.07) is 0. The fraction of sp³-hybridized carbons (Fsp3) is 0.300. The molecule has 0 unspecified atom stereocenters. The third-order valence-corrected chi connectivity index (χ3v) is 3.53. The Morgan fingerprint density at radius 1 is 1.67 bits per heavy atom. The molecule has 0 aliphatic heterocycles. The Hall–Kier alpha value is -1.60. The fourth-order valence-corrected chi connectivity index (χ4v) is 2.45. The molecule has 0 aliphatic carbocycles. The van der Waals surface area contributed by atoms with E-state index in [9.17, 15) is 4.79 Å². The summed E-state index contributed by atoms with van der Waals surface area (Å²) in [5, 5.41) is 3.83. The van der Waals surface area contributed by atoms with Crippen LogP contribution in [0.25, 0.3) is 0 Å². The molecule has 6 nitrogen and oxygen atoms in total. The van der Waals surface area contributed by atoms with Crippen LogP contribution in [-0.2, 0) is 11.2 Å². The summed E-state index contributed by atoms with van der Waals surface area (Å²) in [7, 11) is 1.31. The number of methoxy groups -OCH3 is 1. The maximum Gasteiger partial charge on any atom is 0.351 e. The Balaban J connectivity index is 1.92. The second-order valence-corrected chi connectivity index (χ2v) is 4.70. The molecule has 96 valence electrons. The van der Waals surface area contributed by atoms with E-state index in [1.807, 2.05) is 0 Å². The molecule has 0 aromatic carbocycles. The number of nitrogens with one attached hydrogen (secondary N) is 2. The summed E-state index contributed by atoms with van der Waals surface area (Å²) in [5.74, 6) is 0.412. The first-order valence-corrected chi connectivity index (χ1v) is 6.37. The van der Waals surface area contributed by atoms with Crippen molar-refractivity contribution in [3.05, 3.63) is 28.2 Å². The highest BCUT2D eigenvalue weighted by Gasteiger charge is 2.16. The van der Waals surface area contributed by atoms with Gasteiger partial charge in [0.1, 0.15) is 5.82 Å². The van der Waals surface area contributed by atoms with Crippen molar-refractivity contribution in [2.75, 3.05) is 19.0 Å². The third kappa shape index (κ3) is 2.99. The molecule has 2 aromatic rings. The van der Waals surface area contributed by atoms with Crippen LogP contribution in [0, 0.1) is 0 Å². The molecule has 0 fully saturated rings. The number of carbonyl (C=O) groups is 1. The summed E-state index contributed by atoms with van der Waals surface area (Å²) >= 11 is 7.01. The van der Waals surface area contributed by atoms with Gasteiger partial charge < -0.3 is 15.0 Å². The maximum atomic E-state index is 11.3. The Kier molecular flexibility index (Phi) is 4.16. The van der Waals surface area contributed by atoms with Gasteiger partial charge in [0, 0.05) is 25.4 Å². The molecule has 8 heteroatoms. The number of H-pyrrole nitrogens is 1. The highest BCUT2D eigenvalue weighted by molar-refractivity contribution is 7.18. The number of rotatable bonds is 5. The number of thiazole rings is 1. The van der Waals surface area contributed by atoms with E-state index in [0.29, 0.717) is 16.6 Å². The number of aromatic nitrogens is 3. The minimum atomic E-state index is -0.475. The zero-order chi connectivity index (χ0) is 13.0. The monoisotopic (exact) mass is 286 g/mol. The molecule has 0 bridgehead atoms. The van der Waals surface area contributed by atoms with Gasteiger partial charge in [0.2, 0.25) is 0 Å². The zero-order valence-electron chi connectivity index (χ0n) is 9.57. The molecular weight excluding hydrogens is 276 g/mol. The van der Waals surface area contributed by atoms with Crippen molar-refractivity contribution < 1.29 is 9.53 Å². The van der Waals surface area contributed by atoms with E-state index in [4.69, 9.17) is 11.6 Å². The van der Waals surface area contributed by atoms with Crippen LogP contribution in [0.3, 0.4) is 0 Å². The molecule has 2 heterocycles. The summed E-state index contributed by atoms with van der Waals surface area (Å²) in [6.07, 6.45) is 4.20. The van der Waals surface area contributed by atoms with Crippen LogP contribution < -0.4 is 5.32 Å². The molecule has 0 radical (unpaired) electrons. The highest BCUT2D eigenvalue weighted by atomic mass is 35.5. The van der Waals surface area contributed by atoms with Crippen molar-refractivity contribution in [1.29, 1.82) is 0 Å². The van der Waals surface area contributed by atoms with Crippen molar-refractivity contribution in [1.82, 2.24) is 15.0 Å². The third-order valence-electron chi connectivity index (χ3n) is 2.15. The second-order valence-electron chi connectivity index (χ2n) is 3.34. The van der Waals surface area contributed by atoms with Crippen LogP contribution >= 0.6 is 22.9 Å². The van der Waals surface area contributed by atoms with Crippen LogP contribution in [0.2, 0.25) is 5.15 Å². The predicted molar refractivity (Wildman–Crippen MR) is 69.2 cm³/mol. The van der Waals surface area contributed by atoms with Crippen molar-refractivity contribution in [2.45, 2.75) is 6.42 Å². The number of hydrogen-bond acceptors (Lipinski definition) is 6. The lowest BCUT2D eigenvalue weighted by molar-refractivity contribution is 0.0606. The Morgan fingerprint density at radius 3 is 3.17 bits per heavy atom. The van der Waals surface area contributed by atoms with Gasteiger partial charge in [-0.2, -0.15) is 0 Å². The largest absolute Gasteiger partial charge is 0.465 e. The molecular formula is C10H11ClN4O2S. The van der Waals surface area contributed by atoms with Gasteiger partial charge in [-0.15, -0.1) is 0 Å². The van der Waals surface area contributed by atoms with Gasteiger partial charge in [-0.05, 0) is 0 Å². The molecule has 18 heavy (non-hydrogen) atoms. The Bertz CT molecular complexity index is 526. The first-order chi connectivity index (χ1) is 8.70. The lowest BCUT2D eigenvalue weighted by Gasteiger charge is -1.99. The van der Waals surface area contributed by atoms with Crippen LogP contribution in [-0.4, -0.2) is 34.6 Å². The average Bonchev–Trinajstić information content (AvgIpc) is 2.98. The average molecular weight is 287 g/mol. The van der Waals surface area contributed by atoms with E-state index >= 15 is 0 Å². The smallest absolute Gasteiger partial charge is 0.351 e. The van der Waals surface area contributed by atoms with Gasteiger partial charge in [0.25, 0.3) is 0 Å². The molecule has 0 amide bonds. The Morgan fingerprint density at radius 2 is 2.50 bits per heavy atom. The molecule has 0 saturated heterocycles. The van der Waals surface area contributed by atoms with Gasteiger partial charge in [-0.1, -0.05) is 22.9 Å². The molecule has 2 rings (SSSR count). The molecule has 2 aromatic heterocycles. The first-order valence-electron chi connectivity index (χ1n) is 5.17. The highest BCUT2D eigenvalue weighted by Crippen LogP contribution is 2.27. The van der Waals surface area contributed by atoms with Gasteiger partial charge in [0.05, 0.1) is 7.11 Å². The van der Waals surface area contributed by atoms with E-state index in [2.05, 4.69) is 25.0 Å². The second kappa shape index (κ2) is 5.83. The number of nitrogens with zero attached hydrogens (tertiary/aromatic N) is 2. The number of anilines is 1. The quantitative estimate of drug-likeness (QED) is 0.821. The number of halogens is 1. The van der Waals surface area contributed by atoms with Crippen LogP contribution in [0.5, 0.6) is 0 Å². The summed E-state index contributed by atoms with van der Waals surface area (Å²) < 4.78 is 4.60. The van der Waals surface area contributed by atoms with Crippen molar-refractivity contribution >= 4 is 34.0 Å². The standard InChI is InChI=1S/C10H11ClN4O2S/c1-17-9(16)7-8(11)15-10(18-7)14-3-2-6-12-4-5-13-6/h4-5H,2-3H2,1H3,(H,12,13)(H,14,15). The van der Waals surface area contributed by atoms with Gasteiger partial charge in [-0.3, -0.25) is 0 Å². The number of hydrogen-bond donors (Lipinski definition) is 2. The van der Waals surface area contributed by atoms with Crippen LogP contribution in [0.15, 0.2) is 12.4 Å². The van der Waals surface area contributed by atoms with Gasteiger partial charge in [0.15, 0.2) is 15.2 Å². The predicted octanol–water partition coefficient (Wildman–Crippen LogP) is 1.96. The maximum absolute atomic E-state index is 11.3. The zero-order valence-corrected chi connectivity index (χ0v) is 11.1. The lowest BCUT2D eigenvalue weighted by Crippen LogP contribution is -2.05.